The van der Waals surface area contributed by atoms with Gasteiger partial charge in [0.1, 0.15) is 0 Å². The number of hydrogen-bond donors (Lipinski definition) is 0. The van der Waals surface area contributed by atoms with Crippen molar-refractivity contribution in [1.29, 1.82) is 0 Å². The molecule has 0 unspecified atom stereocenters. The van der Waals surface area contributed by atoms with Gasteiger partial charge in [-0.1, -0.05) is 11.6 Å². The van der Waals surface area contributed by atoms with Gasteiger partial charge in [-0.25, -0.2) is 4.98 Å². The van der Waals surface area contributed by atoms with E-state index in [1.54, 1.807) is 12.4 Å². The zero-order valence-electron chi connectivity index (χ0n) is 9.43. The fourth-order valence-electron chi connectivity index (χ4n) is 1.47. The highest BCUT2D eigenvalue weighted by atomic mass is 79.9. The fourth-order valence-corrected chi connectivity index (χ4v) is 2.09. The summed E-state index contributed by atoms with van der Waals surface area (Å²) in [6.45, 7) is 0.353. The van der Waals surface area contributed by atoms with Crippen LogP contribution in [-0.4, -0.2) is 21.6 Å². The molecular weight excluding hydrogens is 321 g/mol. The van der Waals surface area contributed by atoms with Gasteiger partial charge in [0.15, 0.2) is 5.15 Å². The number of hydrogen-bond acceptors (Lipinski definition) is 4. The third-order valence-corrected chi connectivity index (χ3v) is 2.97. The smallest absolute Gasteiger partial charge is 0.297 e. The molecule has 0 aliphatic carbocycles. The summed E-state index contributed by atoms with van der Waals surface area (Å²) in [6.07, 6.45) is 4.74. The van der Waals surface area contributed by atoms with E-state index >= 15 is 0 Å². The molecule has 0 amide bonds. The second-order valence-corrected chi connectivity index (χ2v) is 4.79. The van der Waals surface area contributed by atoms with Crippen LogP contribution in [0.25, 0.3) is 0 Å². The highest BCUT2D eigenvalue weighted by Gasteiger charge is 2.10. The number of nitrogens with zero attached hydrogens (tertiary/aromatic N) is 3. The van der Waals surface area contributed by atoms with Crippen LogP contribution >= 0.6 is 27.5 Å². The normalized spacial score (nSPS) is 10.4. The van der Waals surface area contributed by atoms with Gasteiger partial charge in [-0.05, 0) is 27.6 Å². The average molecular weight is 331 g/mol. The molecule has 2 rings (SSSR count). The molecule has 2 aromatic rings. The molecule has 0 aliphatic rings. The maximum absolute atomic E-state index is 12.0. The Balaban J connectivity index is 2.39. The van der Waals surface area contributed by atoms with Gasteiger partial charge >= 0.3 is 0 Å². The van der Waals surface area contributed by atoms with Crippen LogP contribution in [-0.2, 0) is 6.54 Å². The van der Waals surface area contributed by atoms with E-state index in [0.717, 1.165) is 10.0 Å². The van der Waals surface area contributed by atoms with Crippen molar-refractivity contribution in [2.75, 3.05) is 7.11 Å². The Morgan fingerprint density at radius 3 is 2.94 bits per heavy atom. The number of ether oxygens (including phenoxy) is 1. The lowest BCUT2D eigenvalue weighted by atomic mass is 10.3. The molecule has 18 heavy (non-hydrogen) atoms. The summed E-state index contributed by atoms with van der Waals surface area (Å²) < 4.78 is 7.19. The van der Waals surface area contributed by atoms with E-state index in [2.05, 4.69) is 25.9 Å². The van der Waals surface area contributed by atoms with Crippen LogP contribution in [0.15, 0.2) is 34.1 Å². The molecule has 0 bridgehead atoms. The zero-order chi connectivity index (χ0) is 13.1. The van der Waals surface area contributed by atoms with Crippen molar-refractivity contribution < 1.29 is 4.74 Å². The Morgan fingerprint density at radius 2 is 2.28 bits per heavy atom. The third-order valence-electron chi connectivity index (χ3n) is 2.27. The van der Waals surface area contributed by atoms with E-state index in [1.165, 1.54) is 18.0 Å². The molecule has 0 spiro atoms. The Morgan fingerprint density at radius 1 is 1.50 bits per heavy atom. The average Bonchev–Trinajstić information content (AvgIpc) is 2.34. The standard InChI is InChI=1S/C11H9BrClN3O2/c1-18-9-10(13)15-6-16(11(9)17)5-7-2-8(12)4-14-3-7/h2-4,6H,5H2,1H3. The van der Waals surface area contributed by atoms with Crippen molar-refractivity contribution in [2.24, 2.45) is 0 Å². The molecule has 7 heteroatoms. The first-order valence-corrected chi connectivity index (χ1v) is 6.17. The highest BCUT2D eigenvalue weighted by molar-refractivity contribution is 9.10. The first-order chi connectivity index (χ1) is 8.61. The number of rotatable bonds is 3. The molecule has 0 fully saturated rings. The van der Waals surface area contributed by atoms with E-state index in [9.17, 15) is 4.79 Å². The second-order valence-electron chi connectivity index (χ2n) is 3.51. The molecule has 2 aromatic heterocycles. The summed E-state index contributed by atoms with van der Waals surface area (Å²) in [6, 6.07) is 1.88. The van der Waals surface area contributed by atoms with Crippen LogP contribution in [0.2, 0.25) is 5.15 Å². The van der Waals surface area contributed by atoms with Crippen molar-refractivity contribution in [1.82, 2.24) is 14.5 Å². The van der Waals surface area contributed by atoms with Crippen molar-refractivity contribution in [3.63, 3.8) is 0 Å². The van der Waals surface area contributed by atoms with Gasteiger partial charge in [0.2, 0.25) is 5.75 Å². The predicted molar refractivity (Wildman–Crippen MR) is 71.1 cm³/mol. The Hall–Kier alpha value is -1.40. The maximum Gasteiger partial charge on any atom is 0.297 e. The molecular formula is C11H9BrClN3O2. The number of pyridine rings is 1. The molecule has 5 nitrogen and oxygen atoms in total. The van der Waals surface area contributed by atoms with Crippen molar-refractivity contribution in [3.05, 3.63) is 50.3 Å². The maximum atomic E-state index is 12.0. The lowest BCUT2D eigenvalue weighted by Crippen LogP contribution is -2.22. The summed E-state index contributed by atoms with van der Waals surface area (Å²) in [7, 11) is 1.38. The predicted octanol–water partition coefficient (Wildman–Crippen LogP) is 2.11. The van der Waals surface area contributed by atoms with Crippen LogP contribution in [0, 0.1) is 0 Å². The lowest BCUT2D eigenvalue weighted by Gasteiger charge is -2.08. The van der Waals surface area contributed by atoms with Crippen molar-refractivity contribution in [3.8, 4) is 5.75 Å². The SMILES string of the molecule is COc1c(Cl)ncn(Cc2cncc(Br)c2)c1=O. The minimum Gasteiger partial charge on any atom is -0.489 e. The third kappa shape index (κ3) is 2.70. The highest BCUT2D eigenvalue weighted by Crippen LogP contribution is 2.15. The van der Waals surface area contributed by atoms with Gasteiger partial charge in [0, 0.05) is 16.9 Å². The van der Waals surface area contributed by atoms with Crippen LogP contribution in [0.1, 0.15) is 5.56 Å². The zero-order valence-corrected chi connectivity index (χ0v) is 11.8. The largest absolute Gasteiger partial charge is 0.489 e. The quantitative estimate of drug-likeness (QED) is 0.809. The van der Waals surface area contributed by atoms with E-state index in [1.807, 2.05) is 6.07 Å². The van der Waals surface area contributed by atoms with Crippen LogP contribution in [0.5, 0.6) is 5.75 Å². The molecule has 0 aliphatic heterocycles. The summed E-state index contributed by atoms with van der Waals surface area (Å²) in [4.78, 5) is 19.9. The second kappa shape index (κ2) is 5.49. The van der Waals surface area contributed by atoms with Gasteiger partial charge in [-0.2, -0.15) is 0 Å². The van der Waals surface area contributed by atoms with Crippen molar-refractivity contribution >= 4 is 27.5 Å². The van der Waals surface area contributed by atoms with E-state index in [4.69, 9.17) is 16.3 Å². The first-order valence-electron chi connectivity index (χ1n) is 5.00. The minimum atomic E-state index is -0.322. The Labute approximate surface area is 117 Å². The summed E-state index contributed by atoms with van der Waals surface area (Å²) >= 11 is 9.08. The Bertz CT molecular complexity index is 630. The monoisotopic (exact) mass is 329 g/mol. The van der Waals surface area contributed by atoms with Gasteiger partial charge in [0.25, 0.3) is 5.56 Å². The molecule has 94 valence electrons. The topological polar surface area (TPSA) is 57.0 Å². The van der Waals surface area contributed by atoms with E-state index in [0.29, 0.717) is 6.54 Å². The minimum absolute atomic E-state index is 0.0436. The van der Waals surface area contributed by atoms with Gasteiger partial charge in [0.05, 0.1) is 20.0 Å². The number of methoxy groups -OCH3 is 1. The Kier molecular flexibility index (Phi) is 3.98. The molecule has 0 saturated heterocycles. The van der Waals surface area contributed by atoms with Crippen LogP contribution < -0.4 is 10.3 Å². The number of aromatic nitrogens is 3. The summed E-state index contributed by atoms with van der Waals surface area (Å²) in [5.74, 6) is 0.0436. The molecule has 0 saturated carbocycles. The molecule has 0 atom stereocenters. The molecule has 0 aromatic carbocycles. The van der Waals surface area contributed by atoms with E-state index < -0.39 is 0 Å². The summed E-state index contributed by atoms with van der Waals surface area (Å²) in [5, 5.41) is 0.0612. The summed E-state index contributed by atoms with van der Waals surface area (Å²) in [5.41, 5.74) is 0.551. The molecule has 0 N–H and O–H groups in total. The van der Waals surface area contributed by atoms with E-state index in [-0.39, 0.29) is 16.5 Å². The first kappa shape index (κ1) is 13.0. The molecule has 2 heterocycles. The fraction of sp³-hybridized carbons (Fsp3) is 0.182. The van der Waals surface area contributed by atoms with Gasteiger partial charge in [-0.3, -0.25) is 14.3 Å². The van der Waals surface area contributed by atoms with Crippen LogP contribution in [0.3, 0.4) is 0 Å². The van der Waals surface area contributed by atoms with Crippen LogP contribution in [0.4, 0.5) is 0 Å². The lowest BCUT2D eigenvalue weighted by molar-refractivity contribution is 0.401. The molecule has 0 radical (unpaired) electrons. The number of halogens is 2. The van der Waals surface area contributed by atoms with Crippen molar-refractivity contribution in [2.45, 2.75) is 6.54 Å². The van der Waals surface area contributed by atoms with Gasteiger partial charge < -0.3 is 4.74 Å². The van der Waals surface area contributed by atoms with Gasteiger partial charge in [-0.15, -0.1) is 0 Å².